The van der Waals surface area contributed by atoms with Gasteiger partial charge in [-0.25, -0.2) is 14.5 Å². The summed E-state index contributed by atoms with van der Waals surface area (Å²) in [6.07, 6.45) is 2.54. The minimum absolute atomic E-state index is 0.0671. The third kappa shape index (κ3) is 5.76. The molecule has 0 spiro atoms. The van der Waals surface area contributed by atoms with Crippen LogP contribution in [-0.2, 0) is 16.0 Å². The van der Waals surface area contributed by atoms with E-state index in [1.807, 2.05) is 51.1 Å². The Bertz CT molecular complexity index is 1010. The third-order valence-corrected chi connectivity index (χ3v) is 4.63. The summed E-state index contributed by atoms with van der Waals surface area (Å²) in [6, 6.07) is 13.5. The minimum Gasteiger partial charge on any atom is -0.460 e. The van der Waals surface area contributed by atoms with Gasteiger partial charge >= 0.3 is 5.97 Å². The van der Waals surface area contributed by atoms with E-state index in [0.717, 1.165) is 17.0 Å². The fraction of sp³-hybridized carbons (Fsp3) is 0.304. The molecule has 0 aliphatic carbocycles. The molecule has 0 atom stereocenters. The Balaban J connectivity index is 1.39. The molecular weight excluding hydrogens is 380 g/mol. The first-order valence-electron chi connectivity index (χ1n) is 9.91. The van der Waals surface area contributed by atoms with Crippen molar-refractivity contribution in [1.29, 1.82) is 0 Å². The maximum atomic E-state index is 12.1. The molecule has 0 radical (unpaired) electrons. The lowest BCUT2D eigenvalue weighted by atomic mass is 10.1. The molecule has 0 bridgehead atoms. The Kier molecular flexibility index (Phi) is 6.95. The first-order valence-corrected chi connectivity index (χ1v) is 9.91. The van der Waals surface area contributed by atoms with Gasteiger partial charge in [-0.2, -0.15) is 5.10 Å². The Hall–Kier alpha value is -3.48. The second kappa shape index (κ2) is 9.82. The Morgan fingerprint density at radius 3 is 2.47 bits per heavy atom. The second-order valence-corrected chi connectivity index (χ2v) is 7.22. The average molecular weight is 406 g/mol. The average Bonchev–Trinajstić information content (AvgIpc) is 3.08. The topological polar surface area (TPSA) is 86.1 Å². The molecule has 0 saturated heterocycles. The van der Waals surface area contributed by atoms with Gasteiger partial charge in [0, 0.05) is 18.3 Å². The number of benzene rings is 1. The molecule has 156 valence electrons. The smallest absolute Gasteiger partial charge is 0.339 e. The third-order valence-electron chi connectivity index (χ3n) is 4.63. The number of carbonyl (C=O) groups is 2. The Morgan fingerprint density at radius 1 is 1.07 bits per heavy atom. The van der Waals surface area contributed by atoms with Crippen molar-refractivity contribution in [1.82, 2.24) is 20.1 Å². The van der Waals surface area contributed by atoms with Gasteiger partial charge in [-0.15, -0.1) is 0 Å². The van der Waals surface area contributed by atoms with Gasteiger partial charge in [0.25, 0.3) is 0 Å². The summed E-state index contributed by atoms with van der Waals surface area (Å²) >= 11 is 0. The van der Waals surface area contributed by atoms with Crippen molar-refractivity contribution in [3.8, 4) is 5.82 Å². The molecule has 3 rings (SSSR count). The fourth-order valence-electron chi connectivity index (χ4n) is 3.01. The van der Waals surface area contributed by atoms with Gasteiger partial charge in [-0.3, -0.25) is 4.79 Å². The second-order valence-electron chi connectivity index (χ2n) is 7.22. The minimum atomic E-state index is -0.476. The molecule has 1 N–H and O–H groups in total. The van der Waals surface area contributed by atoms with Gasteiger partial charge < -0.3 is 10.1 Å². The van der Waals surface area contributed by atoms with Crippen LogP contribution >= 0.6 is 0 Å². The summed E-state index contributed by atoms with van der Waals surface area (Å²) in [5.74, 6) is 0.0943. The molecule has 30 heavy (non-hydrogen) atoms. The Morgan fingerprint density at radius 2 is 1.83 bits per heavy atom. The van der Waals surface area contributed by atoms with E-state index < -0.39 is 5.97 Å². The molecule has 1 aromatic carbocycles. The van der Waals surface area contributed by atoms with Crippen molar-refractivity contribution >= 4 is 11.9 Å². The SMILES string of the molecule is Cc1ccc(CCC(=O)NCCOC(=O)c2ccc(-n3nc(C)cc3C)nc2)cc1. The molecule has 0 saturated carbocycles. The van der Waals surface area contributed by atoms with Crippen molar-refractivity contribution in [2.24, 2.45) is 0 Å². The predicted octanol–water partition coefficient (Wildman–Crippen LogP) is 3.10. The number of nitrogens with zero attached hydrogens (tertiary/aromatic N) is 3. The number of pyridine rings is 1. The summed E-state index contributed by atoms with van der Waals surface area (Å²) in [5, 5.41) is 7.13. The maximum absolute atomic E-state index is 12.1. The monoisotopic (exact) mass is 406 g/mol. The lowest BCUT2D eigenvalue weighted by molar-refractivity contribution is -0.121. The van der Waals surface area contributed by atoms with Crippen LogP contribution in [0, 0.1) is 20.8 Å². The van der Waals surface area contributed by atoms with Crippen LogP contribution in [0.3, 0.4) is 0 Å². The summed E-state index contributed by atoms with van der Waals surface area (Å²) in [7, 11) is 0. The number of ether oxygens (including phenoxy) is 1. The number of rotatable bonds is 8. The van der Waals surface area contributed by atoms with Crippen molar-refractivity contribution in [3.63, 3.8) is 0 Å². The van der Waals surface area contributed by atoms with Crippen molar-refractivity contribution in [3.05, 3.63) is 76.7 Å². The number of carbonyl (C=O) groups excluding carboxylic acids is 2. The summed E-state index contributed by atoms with van der Waals surface area (Å²) in [6.45, 7) is 6.27. The van der Waals surface area contributed by atoms with Crippen LogP contribution in [0.4, 0.5) is 0 Å². The van der Waals surface area contributed by atoms with E-state index >= 15 is 0 Å². The van der Waals surface area contributed by atoms with E-state index in [9.17, 15) is 9.59 Å². The Labute approximate surface area is 176 Å². The van der Waals surface area contributed by atoms with Gasteiger partial charge in [-0.1, -0.05) is 29.8 Å². The summed E-state index contributed by atoms with van der Waals surface area (Å²) < 4.78 is 6.93. The standard InChI is InChI=1S/C23H26N4O3/c1-16-4-6-19(7-5-16)8-11-22(28)24-12-13-30-23(29)20-9-10-21(25-15-20)27-18(3)14-17(2)26-27/h4-7,9-10,14-15H,8,11-13H2,1-3H3,(H,24,28). The van der Waals surface area contributed by atoms with E-state index in [1.54, 1.807) is 16.8 Å². The number of esters is 1. The molecule has 7 nitrogen and oxygen atoms in total. The zero-order chi connectivity index (χ0) is 21.5. The highest BCUT2D eigenvalue weighted by Gasteiger charge is 2.10. The molecule has 3 aromatic rings. The first kappa shape index (κ1) is 21.2. The molecule has 7 heteroatoms. The maximum Gasteiger partial charge on any atom is 0.339 e. The zero-order valence-electron chi connectivity index (χ0n) is 17.5. The number of aromatic nitrogens is 3. The molecule has 0 fully saturated rings. The molecular formula is C23H26N4O3. The van der Waals surface area contributed by atoms with Crippen LogP contribution in [0.25, 0.3) is 5.82 Å². The molecule has 2 heterocycles. The molecule has 1 amide bonds. The van der Waals surface area contributed by atoms with Gasteiger partial charge in [0.2, 0.25) is 5.91 Å². The molecule has 0 aliphatic heterocycles. The molecule has 0 unspecified atom stereocenters. The van der Waals surface area contributed by atoms with Crippen LogP contribution in [0.2, 0.25) is 0 Å². The fourth-order valence-corrected chi connectivity index (χ4v) is 3.01. The van der Waals surface area contributed by atoms with Crippen LogP contribution in [0.15, 0.2) is 48.7 Å². The number of aryl methyl sites for hydroxylation is 4. The van der Waals surface area contributed by atoms with Crippen LogP contribution in [0.1, 0.15) is 39.3 Å². The van der Waals surface area contributed by atoms with Crippen LogP contribution < -0.4 is 5.32 Å². The van der Waals surface area contributed by atoms with Crippen molar-refractivity contribution in [2.75, 3.05) is 13.2 Å². The number of nitrogens with one attached hydrogen (secondary N) is 1. The predicted molar refractivity (Wildman–Crippen MR) is 114 cm³/mol. The number of hydrogen-bond acceptors (Lipinski definition) is 5. The zero-order valence-corrected chi connectivity index (χ0v) is 17.5. The van der Waals surface area contributed by atoms with Crippen LogP contribution in [-0.4, -0.2) is 39.8 Å². The van der Waals surface area contributed by atoms with E-state index in [1.165, 1.54) is 11.8 Å². The van der Waals surface area contributed by atoms with Gasteiger partial charge in [0.05, 0.1) is 17.8 Å². The highest BCUT2D eigenvalue weighted by molar-refractivity contribution is 5.89. The normalized spacial score (nSPS) is 10.6. The molecule has 2 aromatic heterocycles. The van der Waals surface area contributed by atoms with Gasteiger partial charge in [-0.05, 0) is 51.0 Å². The lowest BCUT2D eigenvalue weighted by Crippen LogP contribution is -2.28. The van der Waals surface area contributed by atoms with Crippen molar-refractivity contribution in [2.45, 2.75) is 33.6 Å². The summed E-state index contributed by atoms with van der Waals surface area (Å²) in [5.41, 5.74) is 4.54. The lowest BCUT2D eigenvalue weighted by Gasteiger charge is -2.08. The number of amides is 1. The van der Waals surface area contributed by atoms with E-state index in [2.05, 4.69) is 15.4 Å². The highest BCUT2D eigenvalue weighted by Crippen LogP contribution is 2.11. The van der Waals surface area contributed by atoms with Gasteiger partial charge in [0.1, 0.15) is 6.61 Å². The first-order chi connectivity index (χ1) is 14.4. The summed E-state index contributed by atoms with van der Waals surface area (Å²) in [4.78, 5) is 28.4. The van der Waals surface area contributed by atoms with Crippen molar-refractivity contribution < 1.29 is 14.3 Å². The number of hydrogen-bond donors (Lipinski definition) is 1. The molecule has 0 aliphatic rings. The van der Waals surface area contributed by atoms with Gasteiger partial charge in [0.15, 0.2) is 5.82 Å². The largest absolute Gasteiger partial charge is 0.460 e. The van der Waals surface area contributed by atoms with E-state index in [-0.39, 0.29) is 19.1 Å². The van der Waals surface area contributed by atoms with E-state index in [4.69, 9.17) is 4.74 Å². The quantitative estimate of drug-likeness (QED) is 0.459. The van der Waals surface area contributed by atoms with E-state index in [0.29, 0.717) is 24.2 Å². The highest BCUT2D eigenvalue weighted by atomic mass is 16.5. The van der Waals surface area contributed by atoms with Crippen LogP contribution in [0.5, 0.6) is 0 Å².